The normalized spacial score (nSPS) is 28.6. The first-order valence-electron chi connectivity index (χ1n) is 8.11. The zero-order chi connectivity index (χ0) is 18.3. The van der Waals surface area contributed by atoms with Gasteiger partial charge >= 0.3 is 0 Å². The molecule has 0 amide bonds. The molecule has 0 aromatic carbocycles. The summed E-state index contributed by atoms with van der Waals surface area (Å²) in [4.78, 5) is 47.0. The van der Waals surface area contributed by atoms with Crippen molar-refractivity contribution in [2.75, 3.05) is 26.2 Å². The molecule has 1 heterocycles. The molecule has 0 aromatic heterocycles. The molecule has 0 bridgehead atoms. The summed E-state index contributed by atoms with van der Waals surface area (Å²) in [5, 5.41) is 13.4. The Morgan fingerprint density at radius 1 is 0.680 bits per heavy atom. The van der Waals surface area contributed by atoms with Gasteiger partial charge in [0.15, 0.2) is 0 Å². The summed E-state index contributed by atoms with van der Waals surface area (Å²) < 4.78 is 0. The zero-order valence-electron chi connectivity index (χ0n) is 15.2. The number of hydrogen-bond acceptors (Lipinski definition) is 7. The zero-order valence-corrected chi connectivity index (χ0v) is 16.8. The van der Waals surface area contributed by atoms with Crippen LogP contribution in [0.4, 0.5) is 0 Å². The molecule has 9 heteroatoms. The number of nitrogens with zero attached hydrogens (tertiary/aromatic N) is 1. The number of carbonyl (C=O) groups is 4. The SMILES string of the molecule is CC(=O)C1CNC(C(C)=O)CNC(C(C)=O)CNC(C(C)=O)C[N-]1.[Ti]. The van der Waals surface area contributed by atoms with Gasteiger partial charge in [0.1, 0.15) is 23.1 Å². The topological polar surface area (TPSA) is 118 Å². The standard InChI is InChI=1S/C16H27N4O4.Ti/c1-9(21)13-5-18-15(11(3)23)7-20-16(12(4)24)8-19-14(6-17-13)10(2)22;/h13-19H,5-8H2,1-4H3;/q-1;. The van der Waals surface area contributed by atoms with Gasteiger partial charge in [0, 0.05) is 40.8 Å². The fourth-order valence-electron chi connectivity index (χ4n) is 2.40. The van der Waals surface area contributed by atoms with Crippen molar-refractivity contribution in [2.45, 2.75) is 51.9 Å². The van der Waals surface area contributed by atoms with E-state index in [1.807, 2.05) is 0 Å². The first kappa shape index (κ1) is 24.2. The average molecular weight is 387 g/mol. The van der Waals surface area contributed by atoms with Crippen molar-refractivity contribution < 1.29 is 40.9 Å². The van der Waals surface area contributed by atoms with E-state index in [0.29, 0.717) is 0 Å². The summed E-state index contributed by atoms with van der Waals surface area (Å²) >= 11 is 0. The van der Waals surface area contributed by atoms with Gasteiger partial charge in [-0.25, -0.2) is 0 Å². The minimum Gasteiger partial charge on any atom is -0.651 e. The van der Waals surface area contributed by atoms with Crippen molar-refractivity contribution in [3.05, 3.63) is 5.32 Å². The Labute approximate surface area is 163 Å². The summed E-state index contributed by atoms with van der Waals surface area (Å²) in [5.74, 6) is -0.393. The van der Waals surface area contributed by atoms with Crippen molar-refractivity contribution >= 4 is 23.1 Å². The van der Waals surface area contributed by atoms with Crippen LogP contribution < -0.4 is 16.0 Å². The van der Waals surface area contributed by atoms with E-state index < -0.39 is 24.2 Å². The van der Waals surface area contributed by atoms with Gasteiger partial charge in [-0.15, -0.1) is 6.54 Å². The molecule has 4 unspecified atom stereocenters. The van der Waals surface area contributed by atoms with E-state index >= 15 is 0 Å². The molecular weight excluding hydrogens is 360 g/mol. The second-order valence-corrected chi connectivity index (χ2v) is 6.21. The molecule has 0 aromatic rings. The number of ketones is 4. The fraction of sp³-hybridized carbons (Fsp3) is 0.750. The Morgan fingerprint density at radius 3 is 1.48 bits per heavy atom. The van der Waals surface area contributed by atoms with Crippen LogP contribution in [0.1, 0.15) is 27.7 Å². The van der Waals surface area contributed by atoms with Crippen molar-refractivity contribution in [2.24, 2.45) is 0 Å². The maximum Gasteiger partial charge on any atom is 0.147 e. The molecule has 140 valence electrons. The largest absolute Gasteiger partial charge is 0.651 e. The smallest absolute Gasteiger partial charge is 0.147 e. The van der Waals surface area contributed by atoms with Crippen LogP contribution in [0.25, 0.3) is 5.32 Å². The van der Waals surface area contributed by atoms with Gasteiger partial charge in [0.2, 0.25) is 0 Å². The van der Waals surface area contributed by atoms with Crippen molar-refractivity contribution in [3.8, 4) is 0 Å². The molecule has 0 saturated carbocycles. The summed E-state index contributed by atoms with van der Waals surface area (Å²) in [6.07, 6.45) is 0. The Bertz CT molecular complexity index is 397. The first-order valence-corrected chi connectivity index (χ1v) is 8.11. The van der Waals surface area contributed by atoms with E-state index in [1.54, 1.807) is 0 Å². The molecule has 25 heavy (non-hydrogen) atoms. The predicted octanol–water partition coefficient (Wildman–Crippen LogP) is -1.03. The second kappa shape index (κ2) is 11.8. The van der Waals surface area contributed by atoms with Crippen LogP contribution in [0, 0.1) is 0 Å². The maximum atomic E-state index is 11.7. The van der Waals surface area contributed by atoms with Gasteiger partial charge in [0.05, 0.1) is 12.1 Å². The van der Waals surface area contributed by atoms with Gasteiger partial charge in [-0.3, -0.25) is 14.4 Å². The Balaban J connectivity index is 0.00000576. The van der Waals surface area contributed by atoms with Crippen LogP contribution in [0.15, 0.2) is 0 Å². The molecule has 8 nitrogen and oxygen atoms in total. The van der Waals surface area contributed by atoms with E-state index in [1.165, 1.54) is 27.7 Å². The molecule has 0 aliphatic carbocycles. The van der Waals surface area contributed by atoms with E-state index in [9.17, 15) is 19.2 Å². The summed E-state index contributed by atoms with van der Waals surface area (Å²) in [5.41, 5.74) is 0. The molecule has 3 N–H and O–H groups in total. The van der Waals surface area contributed by atoms with Crippen LogP contribution >= 0.6 is 0 Å². The van der Waals surface area contributed by atoms with Gasteiger partial charge in [-0.2, -0.15) is 0 Å². The molecule has 1 saturated heterocycles. The average Bonchev–Trinajstić information content (AvgIpc) is 2.46. The Kier molecular flexibility index (Phi) is 11.4. The number of hydrogen-bond donors (Lipinski definition) is 3. The van der Waals surface area contributed by atoms with Crippen LogP contribution in [-0.4, -0.2) is 73.5 Å². The van der Waals surface area contributed by atoms with Crippen LogP contribution in [0.3, 0.4) is 0 Å². The number of rotatable bonds is 4. The Morgan fingerprint density at radius 2 is 1.08 bits per heavy atom. The molecule has 1 aliphatic rings. The monoisotopic (exact) mass is 387 g/mol. The van der Waals surface area contributed by atoms with Gasteiger partial charge in [0.25, 0.3) is 0 Å². The molecule has 0 radical (unpaired) electrons. The van der Waals surface area contributed by atoms with Crippen molar-refractivity contribution in [1.29, 1.82) is 0 Å². The summed E-state index contributed by atoms with van der Waals surface area (Å²) in [6.45, 7) is 6.68. The van der Waals surface area contributed by atoms with Gasteiger partial charge in [-0.1, -0.05) is 6.04 Å². The van der Waals surface area contributed by atoms with Crippen LogP contribution in [0.5, 0.6) is 0 Å². The first-order chi connectivity index (χ1) is 11.2. The molecule has 4 atom stereocenters. The predicted molar refractivity (Wildman–Crippen MR) is 90.1 cm³/mol. The quantitative estimate of drug-likeness (QED) is 0.528. The third-order valence-corrected chi connectivity index (χ3v) is 4.14. The van der Waals surface area contributed by atoms with E-state index in [0.717, 1.165) is 0 Å². The van der Waals surface area contributed by atoms with E-state index in [4.69, 9.17) is 0 Å². The van der Waals surface area contributed by atoms with Gasteiger partial charge < -0.3 is 26.1 Å². The van der Waals surface area contributed by atoms with Crippen molar-refractivity contribution in [1.82, 2.24) is 16.0 Å². The third kappa shape index (κ3) is 8.44. The molecule has 1 rings (SSSR count). The van der Waals surface area contributed by atoms with E-state index in [-0.39, 0.29) is 71.0 Å². The van der Waals surface area contributed by atoms with Crippen LogP contribution in [-0.2, 0) is 40.9 Å². The summed E-state index contributed by atoms with van der Waals surface area (Å²) in [7, 11) is 0. The number of nitrogens with one attached hydrogen (secondary N) is 3. The second-order valence-electron chi connectivity index (χ2n) is 6.21. The number of carbonyl (C=O) groups excluding carboxylic acids is 4. The third-order valence-electron chi connectivity index (χ3n) is 4.14. The van der Waals surface area contributed by atoms with Crippen molar-refractivity contribution in [3.63, 3.8) is 0 Å². The van der Waals surface area contributed by atoms with E-state index in [2.05, 4.69) is 21.3 Å². The minimum atomic E-state index is -0.612. The summed E-state index contributed by atoms with van der Waals surface area (Å²) in [6, 6.07) is -2.16. The van der Waals surface area contributed by atoms with Crippen LogP contribution in [0.2, 0.25) is 0 Å². The Hall–Kier alpha value is -0.766. The minimum absolute atomic E-state index is 0. The molecule has 1 fully saturated rings. The maximum absolute atomic E-state index is 11.7. The molecular formula is C16H27N4O4Ti-. The van der Waals surface area contributed by atoms with Gasteiger partial charge in [-0.05, 0) is 34.2 Å². The molecule has 0 spiro atoms. The fourth-order valence-corrected chi connectivity index (χ4v) is 2.40. The number of Topliss-reactive ketones (excluding diaryl/α,β-unsaturated/α-hetero) is 4. The molecule has 1 aliphatic heterocycles.